The second kappa shape index (κ2) is 3.75. The lowest BCUT2D eigenvalue weighted by molar-refractivity contribution is 0.172. The number of piperazine rings is 1. The van der Waals surface area contributed by atoms with E-state index in [0.29, 0.717) is 0 Å². The van der Waals surface area contributed by atoms with E-state index in [-0.39, 0.29) is 0 Å². The molecule has 1 unspecified atom stereocenters. The number of rotatable bonds is 3. The molecule has 0 bridgehead atoms. The predicted octanol–water partition coefficient (Wildman–Crippen LogP) is 1.08. The van der Waals surface area contributed by atoms with Crippen LogP contribution in [0.5, 0.6) is 0 Å². The summed E-state index contributed by atoms with van der Waals surface area (Å²) < 4.78 is 0. The molecule has 1 heterocycles. The normalized spacial score (nSPS) is 28.8. The van der Waals surface area contributed by atoms with Crippen LogP contribution < -0.4 is 5.32 Å². The van der Waals surface area contributed by atoms with E-state index in [9.17, 15) is 0 Å². The zero-order chi connectivity index (χ0) is 8.39. The molecule has 0 aromatic rings. The van der Waals surface area contributed by atoms with Crippen LogP contribution in [0, 0.1) is 5.92 Å². The molecule has 0 spiro atoms. The minimum absolute atomic E-state index is 0.833. The average Bonchev–Trinajstić information content (AvgIpc) is 2.90. The first kappa shape index (κ1) is 8.52. The average molecular weight is 168 g/mol. The van der Waals surface area contributed by atoms with Crippen molar-refractivity contribution < 1.29 is 0 Å². The molecule has 2 rings (SSSR count). The fourth-order valence-corrected chi connectivity index (χ4v) is 2.11. The van der Waals surface area contributed by atoms with E-state index in [0.717, 1.165) is 12.0 Å². The van der Waals surface area contributed by atoms with Crippen LogP contribution in [0.25, 0.3) is 0 Å². The molecule has 0 radical (unpaired) electrons. The Balaban J connectivity index is 1.72. The van der Waals surface area contributed by atoms with Gasteiger partial charge in [-0.1, -0.05) is 12.8 Å². The molecule has 0 aromatic heterocycles. The molecule has 0 amide bonds. The lowest BCUT2D eigenvalue weighted by Gasteiger charge is -2.32. The Kier molecular flexibility index (Phi) is 2.66. The van der Waals surface area contributed by atoms with E-state index >= 15 is 0 Å². The van der Waals surface area contributed by atoms with Gasteiger partial charge in [-0.2, -0.15) is 0 Å². The molecule has 2 aliphatic rings. The van der Waals surface area contributed by atoms with Crippen LogP contribution in [0.3, 0.4) is 0 Å². The summed E-state index contributed by atoms with van der Waals surface area (Å²) in [5.74, 6) is 1.08. The summed E-state index contributed by atoms with van der Waals surface area (Å²) in [6.07, 6.45) is 4.44. The topological polar surface area (TPSA) is 15.3 Å². The monoisotopic (exact) mass is 168 g/mol. The Morgan fingerprint density at radius 1 is 1.33 bits per heavy atom. The molecule has 0 aromatic carbocycles. The largest absolute Gasteiger partial charge is 0.314 e. The molecular formula is C10H20N2. The molecule has 1 aliphatic heterocycles. The zero-order valence-electron chi connectivity index (χ0n) is 8.05. The minimum Gasteiger partial charge on any atom is -0.314 e. The van der Waals surface area contributed by atoms with Gasteiger partial charge in [0.05, 0.1) is 0 Å². The van der Waals surface area contributed by atoms with Crippen LogP contribution in [0.2, 0.25) is 0 Å². The first-order chi connectivity index (χ1) is 5.86. The van der Waals surface area contributed by atoms with Crippen molar-refractivity contribution in [2.45, 2.75) is 32.2 Å². The third kappa shape index (κ3) is 2.20. The third-order valence-corrected chi connectivity index (χ3v) is 3.15. The highest BCUT2D eigenvalue weighted by Crippen LogP contribution is 2.34. The van der Waals surface area contributed by atoms with Crippen LogP contribution >= 0.6 is 0 Å². The zero-order valence-corrected chi connectivity index (χ0v) is 8.05. The molecule has 1 saturated heterocycles. The highest BCUT2D eigenvalue weighted by Gasteiger charge is 2.26. The fourth-order valence-electron chi connectivity index (χ4n) is 2.11. The Labute approximate surface area is 75.3 Å². The van der Waals surface area contributed by atoms with Crippen LogP contribution in [-0.4, -0.2) is 37.1 Å². The molecule has 1 aliphatic carbocycles. The lowest BCUT2D eigenvalue weighted by Crippen LogP contribution is -2.47. The second-order valence-corrected chi connectivity index (χ2v) is 4.31. The van der Waals surface area contributed by atoms with Gasteiger partial charge in [0.1, 0.15) is 0 Å². The van der Waals surface area contributed by atoms with Gasteiger partial charge in [0.15, 0.2) is 0 Å². The Morgan fingerprint density at radius 3 is 2.58 bits per heavy atom. The smallest absolute Gasteiger partial charge is 0.0110 e. The molecule has 2 nitrogen and oxygen atoms in total. The summed E-state index contributed by atoms with van der Waals surface area (Å²) in [6.45, 7) is 7.29. The van der Waals surface area contributed by atoms with E-state index in [2.05, 4.69) is 17.1 Å². The van der Waals surface area contributed by atoms with E-state index in [1.54, 1.807) is 0 Å². The van der Waals surface area contributed by atoms with Gasteiger partial charge < -0.3 is 5.32 Å². The molecule has 1 saturated carbocycles. The maximum Gasteiger partial charge on any atom is 0.0110 e. The molecule has 70 valence electrons. The molecule has 1 N–H and O–H groups in total. The summed E-state index contributed by atoms with van der Waals surface area (Å²) >= 11 is 0. The summed E-state index contributed by atoms with van der Waals surface area (Å²) in [4.78, 5) is 2.63. The summed E-state index contributed by atoms with van der Waals surface area (Å²) in [5, 5.41) is 3.40. The van der Waals surface area contributed by atoms with Crippen molar-refractivity contribution in [3.63, 3.8) is 0 Å². The van der Waals surface area contributed by atoms with Gasteiger partial charge in [0, 0.05) is 32.2 Å². The molecule has 1 atom stereocenters. The molecular weight excluding hydrogens is 148 g/mol. The van der Waals surface area contributed by atoms with Gasteiger partial charge >= 0.3 is 0 Å². The van der Waals surface area contributed by atoms with Gasteiger partial charge in [0.2, 0.25) is 0 Å². The van der Waals surface area contributed by atoms with E-state index < -0.39 is 0 Å². The van der Waals surface area contributed by atoms with Crippen LogP contribution in [0.4, 0.5) is 0 Å². The van der Waals surface area contributed by atoms with Gasteiger partial charge in [-0.05, 0) is 19.3 Å². The molecule has 2 fully saturated rings. The van der Waals surface area contributed by atoms with Gasteiger partial charge in [-0.15, -0.1) is 0 Å². The van der Waals surface area contributed by atoms with Crippen LogP contribution in [0.1, 0.15) is 26.2 Å². The SMILES string of the molecule is CC(CC1CC1)N1CCNCC1. The predicted molar refractivity (Wildman–Crippen MR) is 51.2 cm³/mol. The van der Waals surface area contributed by atoms with Crippen molar-refractivity contribution in [3.05, 3.63) is 0 Å². The first-order valence-electron chi connectivity index (χ1n) is 5.31. The van der Waals surface area contributed by atoms with Crippen molar-refractivity contribution >= 4 is 0 Å². The quantitative estimate of drug-likeness (QED) is 0.678. The number of nitrogens with zero attached hydrogens (tertiary/aromatic N) is 1. The summed E-state index contributed by atoms with van der Waals surface area (Å²) in [5.41, 5.74) is 0. The number of hydrogen-bond acceptors (Lipinski definition) is 2. The van der Waals surface area contributed by atoms with Gasteiger partial charge in [-0.3, -0.25) is 4.90 Å². The molecule has 2 heteroatoms. The maximum absolute atomic E-state index is 3.40. The van der Waals surface area contributed by atoms with E-state index in [1.165, 1.54) is 45.4 Å². The van der Waals surface area contributed by atoms with Gasteiger partial charge in [0.25, 0.3) is 0 Å². The molecule has 12 heavy (non-hydrogen) atoms. The maximum atomic E-state index is 3.40. The van der Waals surface area contributed by atoms with Crippen molar-refractivity contribution in [2.24, 2.45) is 5.92 Å². The summed E-state index contributed by atoms with van der Waals surface area (Å²) in [6, 6.07) is 0.833. The van der Waals surface area contributed by atoms with Crippen molar-refractivity contribution in [3.8, 4) is 0 Å². The number of nitrogens with one attached hydrogen (secondary N) is 1. The minimum atomic E-state index is 0.833. The van der Waals surface area contributed by atoms with Crippen LogP contribution in [0.15, 0.2) is 0 Å². The third-order valence-electron chi connectivity index (χ3n) is 3.15. The fraction of sp³-hybridized carbons (Fsp3) is 1.00. The highest BCUT2D eigenvalue weighted by molar-refractivity contribution is 4.81. The standard InChI is InChI=1S/C10H20N2/c1-9(8-10-2-3-10)12-6-4-11-5-7-12/h9-11H,2-8H2,1H3. The lowest BCUT2D eigenvalue weighted by atomic mass is 10.1. The second-order valence-electron chi connectivity index (χ2n) is 4.31. The van der Waals surface area contributed by atoms with E-state index in [4.69, 9.17) is 0 Å². The van der Waals surface area contributed by atoms with E-state index in [1.807, 2.05) is 0 Å². The number of hydrogen-bond donors (Lipinski definition) is 1. The van der Waals surface area contributed by atoms with Crippen molar-refractivity contribution in [1.29, 1.82) is 0 Å². The Hall–Kier alpha value is -0.0800. The van der Waals surface area contributed by atoms with Crippen molar-refractivity contribution in [2.75, 3.05) is 26.2 Å². The van der Waals surface area contributed by atoms with Gasteiger partial charge in [-0.25, -0.2) is 0 Å². The summed E-state index contributed by atoms with van der Waals surface area (Å²) in [7, 11) is 0. The first-order valence-corrected chi connectivity index (χ1v) is 5.31. The Morgan fingerprint density at radius 2 is 2.00 bits per heavy atom. The van der Waals surface area contributed by atoms with Crippen molar-refractivity contribution in [1.82, 2.24) is 10.2 Å². The van der Waals surface area contributed by atoms with Crippen LogP contribution in [-0.2, 0) is 0 Å². The Bertz CT molecular complexity index is 137. The highest BCUT2D eigenvalue weighted by atomic mass is 15.2.